The van der Waals surface area contributed by atoms with E-state index in [0.717, 1.165) is 24.0 Å². The van der Waals surface area contributed by atoms with Crippen molar-refractivity contribution in [3.8, 4) is 11.4 Å². The zero-order valence-electron chi connectivity index (χ0n) is 13.0. The van der Waals surface area contributed by atoms with Gasteiger partial charge in [-0.2, -0.15) is 5.21 Å². The fraction of sp³-hybridized carbons (Fsp3) is 0.467. The van der Waals surface area contributed by atoms with E-state index in [-0.39, 0.29) is 5.91 Å². The normalized spacial score (nSPS) is 11.4. The van der Waals surface area contributed by atoms with Gasteiger partial charge in [0, 0.05) is 18.7 Å². The van der Waals surface area contributed by atoms with Crippen molar-refractivity contribution in [2.24, 2.45) is 11.1 Å². The van der Waals surface area contributed by atoms with Gasteiger partial charge in [-0.25, -0.2) is 0 Å². The second-order valence-electron chi connectivity index (χ2n) is 5.31. The predicted octanol–water partition coefficient (Wildman–Crippen LogP) is 1.25. The van der Waals surface area contributed by atoms with Gasteiger partial charge in [-0.3, -0.25) is 4.79 Å². The zero-order chi connectivity index (χ0) is 16.0. The highest BCUT2D eigenvalue weighted by molar-refractivity contribution is 5.82. The summed E-state index contributed by atoms with van der Waals surface area (Å²) in [6, 6.07) is 7.69. The van der Waals surface area contributed by atoms with Crippen LogP contribution >= 0.6 is 0 Å². The Bertz CT molecular complexity index is 581. The summed E-state index contributed by atoms with van der Waals surface area (Å²) in [5.74, 6) is 0.567. The highest BCUT2D eigenvalue weighted by Gasteiger charge is 2.32. The summed E-state index contributed by atoms with van der Waals surface area (Å²) in [6.07, 6.45) is 1.48. The lowest BCUT2D eigenvalue weighted by molar-refractivity contribution is -0.131. The maximum absolute atomic E-state index is 12.4. The Labute approximate surface area is 129 Å². The molecule has 0 atom stereocenters. The maximum atomic E-state index is 12.4. The molecule has 0 fully saturated rings. The molecule has 4 N–H and O–H groups in total. The van der Waals surface area contributed by atoms with Crippen LogP contribution < -0.4 is 11.1 Å². The number of H-pyrrole nitrogens is 1. The Hall–Kier alpha value is -2.28. The summed E-state index contributed by atoms with van der Waals surface area (Å²) in [4.78, 5) is 12.4. The number of tetrazole rings is 1. The third-order valence-electron chi connectivity index (χ3n) is 4.24. The van der Waals surface area contributed by atoms with Crippen LogP contribution in [-0.2, 0) is 11.3 Å². The Balaban J connectivity index is 1.98. The van der Waals surface area contributed by atoms with Crippen LogP contribution in [0.25, 0.3) is 11.4 Å². The number of hydrogen-bond donors (Lipinski definition) is 3. The summed E-state index contributed by atoms with van der Waals surface area (Å²) in [7, 11) is 0. The molecule has 1 aromatic carbocycles. The number of aromatic amines is 1. The molecule has 1 amide bonds. The van der Waals surface area contributed by atoms with Crippen molar-refractivity contribution in [2.75, 3.05) is 6.54 Å². The number of aromatic nitrogens is 4. The van der Waals surface area contributed by atoms with Crippen LogP contribution in [0.1, 0.15) is 32.3 Å². The van der Waals surface area contributed by atoms with E-state index in [0.29, 0.717) is 18.9 Å². The molecule has 118 valence electrons. The molecule has 0 radical (unpaired) electrons. The molecule has 0 bridgehead atoms. The van der Waals surface area contributed by atoms with Crippen LogP contribution in [0.4, 0.5) is 0 Å². The average molecular weight is 302 g/mol. The quantitative estimate of drug-likeness (QED) is 0.713. The molecule has 0 saturated carbocycles. The largest absolute Gasteiger partial charge is 0.352 e. The standard InChI is InChI=1S/C15H22N6O/c1-3-15(4-2,10-16)14(22)17-9-11-5-7-12(8-6-11)13-18-20-21-19-13/h5-8H,3-4,9-10,16H2,1-2H3,(H,17,22)(H,18,19,20,21). The molecule has 2 aromatic rings. The predicted molar refractivity (Wildman–Crippen MR) is 83.5 cm³/mol. The summed E-state index contributed by atoms with van der Waals surface area (Å²) in [6.45, 7) is 4.83. The maximum Gasteiger partial charge on any atom is 0.227 e. The molecule has 0 aliphatic rings. The molecule has 1 heterocycles. The number of rotatable bonds is 7. The van der Waals surface area contributed by atoms with Crippen LogP contribution in [-0.4, -0.2) is 33.1 Å². The third kappa shape index (κ3) is 3.30. The lowest BCUT2D eigenvalue weighted by atomic mass is 9.81. The first kappa shape index (κ1) is 16.1. The first-order valence-electron chi connectivity index (χ1n) is 7.46. The monoisotopic (exact) mass is 302 g/mol. The van der Waals surface area contributed by atoms with E-state index < -0.39 is 5.41 Å². The minimum Gasteiger partial charge on any atom is -0.352 e. The number of carbonyl (C=O) groups excluding carboxylic acids is 1. The first-order chi connectivity index (χ1) is 10.6. The van der Waals surface area contributed by atoms with E-state index >= 15 is 0 Å². The van der Waals surface area contributed by atoms with Crippen LogP contribution in [0.3, 0.4) is 0 Å². The molecule has 22 heavy (non-hydrogen) atoms. The SMILES string of the molecule is CCC(CC)(CN)C(=O)NCc1ccc(-c2nn[nH]n2)cc1. The molecule has 7 nitrogen and oxygen atoms in total. The zero-order valence-corrected chi connectivity index (χ0v) is 13.0. The highest BCUT2D eigenvalue weighted by atomic mass is 16.2. The van der Waals surface area contributed by atoms with Gasteiger partial charge in [-0.1, -0.05) is 38.1 Å². The fourth-order valence-corrected chi connectivity index (χ4v) is 2.38. The van der Waals surface area contributed by atoms with Gasteiger partial charge in [0.2, 0.25) is 11.7 Å². The minimum absolute atomic E-state index is 0.0160. The second-order valence-corrected chi connectivity index (χ2v) is 5.31. The minimum atomic E-state index is -0.468. The second kappa shape index (κ2) is 7.13. The van der Waals surface area contributed by atoms with Gasteiger partial charge in [0.15, 0.2) is 0 Å². The van der Waals surface area contributed by atoms with Gasteiger partial charge in [0.05, 0.1) is 5.41 Å². The Morgan fingerprint density at radius 2 is 1.95 bits per heavy atom. The van der Waals surface area contributed by atoms with E-state index in [1.54, 1.807) is 0 Å². The molecule has 7 heteroatoms. The lowest BCUT2D eigenvalue weighted by Gasteiger charge is -2.28. The van der Waals surface area contributed by atoms with Crippen LogP contribution in [0.5, 0.6) is 0 Å². The van der Waals surface area contributed by atoms with Gasteiger partial charge < -0.3 is 11.1 Å². The van der Waals surface area contributed by atoms with E-state index in [9.17, 15) is 4.79 Å². The summed E-state index contributed by atoms with van der Waals surface area (Å²) >= 11 is 0. The van der Waals surface area contributed by atoms with Crippen molar-refractivity contribution in [3.63, 3.8) is 0 Å². The number of nitrogens with one attached hydrogen (secondary N) is 2. The molecule has 0 saturated heterocycles. The van der Waals surface area contributed by atoms with E-state index in [1.807, 2.05) is 38.1 Å². The average Bonchev–Trinajstić information content (AvgIpc) is 3.10. The van der Waals surface area contributed by atoms with Crippen molar-refractivity contribution in [3.05, 3.63) is 29.8 Å². The number of benzene rings is 1. The number of hydrogen-bond acceptors (Lipinski definition) is 5. The summed E-state index contributed by atoms with van der Waals surface area (Å²) < 4.78 is 0. The molecule has 1 aromatic heterocycles. The number of nitrogens with two attached hydrogens (primary N) is 1. The molecular formula is C15H22N6O. The Morgan fingerprint density at radius 3 is 2.45 bits per heavy atom. The molecular weight excluding hydrogens is 280 g/mol. The van der Waals surface area contributed by atoms with E-state index in [1.165, 1.54) is 0 Å². The first-order valence-corrected chi connectivity index (χ1v) is 7.46. The summed E-state index contributed by atoms with van der Waals surface area (Å²) in [5, 5.41) is 16.8. The lowest BCUT2D eigenvalue weighted by Crippen LogP contribution is -2.45. The molecule has 0 unspecified atom stereocenters. The van der Waals surface area contributed by atoms with Gasteiger partial charge in [0.1, 0.15) is 0 Å². The van der Waals surface area contributed by atoms with Crippen molar-refractivity contribution in [1.82, 2.24) is 25.9 Å². The van der Waals surface area contributed by atoms with Crippen molar-refractivity contribution in [2.45, 2.75) is 33.2 Å². The highest BCUT2D eigenvalue weighted by Crippen LogP contribution is 2.25. The topological polar surface area (TPSA) is 110 Å². The van der Waals surface area contributed by atoms with Crippen molar-refractivity contribution < 1.29 is 4.79 Å². The van der Waals surface area contributed by atoms with Crippen molar-refractivity contribution >= 4 is 5.91 Å². The van der Waals surface area contributed by atoms with Gasteiger partial charge in [-0.15, -0.1) is 10.2 Å². The van der Waals surface area contributed by atoms with Gasteiger partial charge in [-0.05, 0) is 23.6 Å². The molecule has 0 spiro atoms. The van der Waals surface area contributed by atoms with Gasteiger partial charge >= 0.3 is 0 Å². The van der Waals surface area contributed by atoms with E-state index in [2.05, 4.69) is 25.9 Å². The van der Waals surface area contributed by atoms with Crippen LogP contribution in [0, 0.1) is 5.41 Å². The van der Waals surface area contributed by atoms with Crippen LogP contribution in [0.15, 0.2) is 24.3 Å². The van der Waals surface area contributed by atoms with Crippen LogP contribution in [0.2, 0.25) is 0 Å². The Morgan fingerprint density at radius 1 is 1.27 bits per heavy atom. The number of carbonyl (C=O) groups is 1. The van der Waals surface area contributed by atoms with E-state index in [4.69, 9.17) is 5.73 Å². The Kier molecular flexibility index (Phi) is 5.21. The smallest absolute Gasteiger partial charge is 0.227 e. The van der Waals surface area contributed by atoms with Gasteiger partial charge in [0.25, 0.3) is 0 Å². The fourth-order valence-electron chi connectivity index (χ4n) is 2.38. The number of nitrogens with zero attached hydrogens (tertiary/aromatic N) is 3. The van der Waals surface area contributed by atoms with Crippen molar-refractivity contribution in [1.29, 1.82) is 0 Å². The molecule has 0 aliphatic heterocycles. The molecule has 2 rings (SSSR count). The molecule has 0 aliphatic carbocycles. The number of amides is 1. The summed E-state index contributed by atoms with van der Waals surface area (Å²) in [5.41, 5.74) is 7.21. The third-order valence-corrected chi connectivity index (χ3v) is 4.24.